The predicted octanol–water partition coefficient (Wildman–Crippen LogP) is 1.97. The molecule has 0 radical (unpaired) electrons. The van der Waals surface area contributed by atoms with Crippen LogP contribution in [0, 0.1) is 20.2 Å². The number of aliphatic hydroxyl groups is 1. The smallest absolute Gasteiger partial charge is 0.277 e. The van der Waals surface area contributed by atoms with E-state index in [2.05, 4.69) is 5.32 Å². The lowest BCUT2D eigenvalue weighted by Gasteiger charge is -2.16. The van der Waals surface area contributed by atoms with Crippen molar-refractivity contribution in [1.29, 1.82) is 0 Å². The van der Waals surface area contributed by atoms with Gasteiger partial charge in [-0.25, -0.2) is 0 Å². The average molecular weight is 331 g/mol. The average Bonchev–Trinajstić information content (AvgIpc) is 2.59. The van der Waals surface area contributed by atoms with Gasteiger partial charge in [-0.05, 0) is 5.56 Å². The van der Waals surface area contributed by atoms with E-state index >= 15 is 0 Å². The molecule has 2 aromatic rings. The molecule has 0 heterocycles. The number of nitrogens with zero attached hydrogens (tertiary/aromatic N) is 2. The molecule has 124 valence electrons. The first kappa shape index (κ1) is 17.0. The summed E-state index contributed by atoms with van der Waals surface area (Å²) in [6.45, 7) is -0.396. The number of rotatable bonds is 6. The van der Waals surface area contributed by atoms with Gasteiger partial charge in [-0.15, -0.1) is 0 Å². The molecule has 24 heavy (non-hydrogen) atoms. The van der Waals surface area contributed by atoms with Gasteiger partial charge in [0.1, 0.15) is 0 Å². The first-order chi connectivity index (χ1) is 11.4. The van der Waals surface area contributed by atoms with Crippen LogP contribution in [0.1, 0.15) is 22.0 Å². The fraction of sp³-hybridized carbons (Fsp3) is 0.133. The van der Waals surface area contributed by atoms with Gasteiger partial charge in [-0.2, -0.15) is 0 Å². The molecule has 9 heteroatoms. The molecule has 0 saturated carbocycles. The van der Waals surface area contributed by atoms with E-state index in [1.54, 1.807) is 30.3 Å². The second kappa shape index (κ2) is 7.29. The molecule has 0 fully saturated rings. The summed E-state index contributed by atoms with van der Waals surface area (Å²) >= 11 is 0. The van der Waals surface area contributed by atoms with Crippen LogP contribution >= 0.6 is 0 Å². The number of nitro groups is 2. The lowest BCUT2D eigenvalue weighted by molar-refractivity contribution is -0.394. The van der Waals surface area contributed by atoms with Crippen molar-refractivity contribution in [2.45, 2.75) is 6.04 Å². The second-order valence-electron chi connectivity index (χ2n) is 4.87. The van der Waals surface area contributed by atoms with E-state index in [1.165, 1.54) is 0 Å². The van der Waals surface area contributed by atoms with Gasteiger partial charge in [0.25, 0.3) is 17.3 Å². The Morgan fingerprint density at radius 3 is 2.04 bits per heavy atom. The van der Waals surface area contributed by atoms with Crippen LogP contribution in [-0.4, -0.2) is 27.5 Å². The van der Waals surface area contributed by atoms with Crippen LogP contribution in [0.25, 0.3) is 0 Å². The Labute approximate surface area is 135 Å². The number of non-ortho nitro benzene ring substituents is 2. The van der Waals surface area contributed by atoms with Gasteiger partial charge >= 0.3 is 0 Å². The summed E-state index contributed by atoms with van der Waals surface area (Å²) in [6, 6.07) is 10.5. The fourth-order valence-corrected chi connectivity index (χ4v) is 2.10. The number of carbonyl (C=O) groups is 1. The van der Waals surface area contributed by atoms with Crippen molar-refractivity contribution in [2.75, 3.05) is 6.61 Å². The van der Waals surface area contributed by atoms with Crippen molar-refractivity contribution in [3.05, 3.63) is 79.9 Å². The summed E-state index contributed by atoms with van der Waals surface area (Å²) in [7, 11) is 0. The Hall–Kier alpha value is -3.33. The van der Waals surface area contributed by atoms with Crippen LogP contribution < -0.4 is 5.32 Å². The van der Waals surface area contributed by atoms with Crippen molar-refractivity contribution < 1.29 is 19.7 Å². The van der Waals surface area contributed by atoms with Gasteiger partial charge in [0.2, 0.25) is 0 Å². The summed E-state index contributed by atoms with van der Waals surface area (Å²) in [5, 5.41) is 33.7. The molecule has 0 aliphatic heterocycles. The zero-order chi connectivity index (χ0) is 17.7. The number of benzene rings is 2. The maximum absolute atomic E-state index is 12.3. The van der Waals surface area contributed by atoms with Crippen LogP contribution in [0.3, 0.4) is 0 Å². The van der Waals surface area contributed by atoms with E-state index < -0.39 is 39.8 Å². The van der Waals surface area contributed by atoms with Crippen LogP contribution in [0.2, 0.25) is 0 Å². The summed E-state index contributed by atoms with van der Waals surface area (Å²) in [5.74, 6) is -0.760. The maximum Gasteiger partial charge on any atom is 0.277 e. The molecule has 0 bridgehead atoms. The largest absolute Gasteiger partial charge is 0.394 e. The van der Waals surface area contributed by atoms with Crippen molar-refractivity contribution in [3.63, 3.8) is 0 Å². The Balaban J connectivity index is 2.31. The number of nitro benzene ring substituents is 2. The molecular formula is C15H13N3O6. The molecule has 9 nitrogen and oxygen atoms in total. The molecule has 0 unspecified atom stereocenters. The summed E-state index contributed by atoms with van der Waals surface area (Å²) in [4.78, 5) is 32.4. The third kappa shape index (κ3) is 3.90. The zero-order valence-corrected chi connectivity index (χ0v) is 12.3. The molecule has 0 aromatic heterocycles. The molecule has 0 aliphatic rings. The molecule has 2 rings (SSSR count). The minimum atomic E-state index is -0.815. The van der Waals surface area contributed by atoms with Gasteiger partial charge in [-0.3, -0.25) is 25.0 Å². The van der Waals surface area contributed by atoms with Crippen molar-refractivity contribution in [1.82, 2.24) is 5.32 Å². The third-order valence-corrected chi connectivity index (χ3v) is 3.28. The fourth-order valence-electron chi connectivity index (χ4n) is 2.10. The Bertz CT molecular complexity index is 746. The van der Waals surface area contributed by atoms with Gasteiger partial charge in [0.15, 0.2) is 0 Å². The van der Waals surface area contributed by atoms with Crippen molar-refractivity contribution >= 4 is 17.3 Å². The van der Waals surface area contributed by atoms with E-state index in [-0.39, 0.29) is 5.56 Å². The highest BCUT2D eigenvalue weighted by Crippen LogP contribution is 2.23. The maximum atomic E-state index is 12.3. The number of nitrogens with one attached hydrogen (secondary N) is 1. The number of aliphatic hydroxyl groups excluding tert-OH is 1. The van der Waals surface area contributed by atoms with E-state index in [0.717, 1.165) is 18.2 Å². The minimum Gasteiger partial charge on any atom is -0.394 e. The number of carbonyl (C=O) groups excluding carboxylic acids is 1. The SMILES string of the molecule is O=C(N[C@H](CO)c1ccccc1)c1cc([N+](=O)[O-])cc([N+](=O)[O-])c1. The molecular weight excluding hydrogens is 318 g/mol. The molecule has 0 spiro atoms. The first-order valence-corrected chi connectivity index (χ1v) is 6.83. The van der Waals surface area contributed by atoms with E-state index in [0.29, 0.717) is 5.56 Å². The second-order valence-corrected chi connectivity index (χ2v) is 4.87. The normalized spacial score (nSPS) is 11.5. The van der Waals surface area contributed by atoms with E-state index in [9.17, 15) is 30.1 Å². The Kier molecular flexibility index (Phi) is 5.17. The Morgan fingerprint density at radius 1 is 1.04 bits per heavy atom. The van der Waals surface area contributed by atoms with Crippen LogP contribution in [-0.2, 0) is 0 Å². The summed E-state index contributed by atoms with van der Waals surface area (Å²) in [6.07, 6.45) is 0. The molecule has 0 saturated heterocycles. The van der Waals surface area contributed by atoms with Gasteiger partial charge in [0.05, 0.1) is 34.1 Å². The number of hydrogen-bond donors (Lipinski definition) is 2. The van der Waals surface area contributed by atoms with Gasteiger partial charge < -0.3 is 10.4 Å². The summed E-state index contributed by atoms with van der Waals surface area (Å²) in [5.41, 5.74) is -0.720. The zero-order valence-electron chi connectivity index (χ0n) is 12.3. The lowest BCUT2D eigenvalue weighted by atomic mass is 10.1. The Morgan fingerprint density at radius 2 is 1.58 bits per heavy atom. The number of amides is 1. The highest BCUT2D eigenvalue weighted by Gasteiger charge is 2.21. The molecule has 1 atom stereocenters. The van der Waals surface area contributed by atoms with Crippen LogP contribution in [0.4, 0.5) is 11.4 Å². The minimum absolute atomic E-state index is 0.231. The topological polar surface area (TPSA) is 136 Å². The van der Waals surface area contributed by atoms with Crippen LogP contribution in [0.5, 0.6) is 0 Å². The summed E-state index contributed by atoms with van der Waals surface area (Å²) < 4.78 is 0. The molecule has 1 amide bonds. The molecule has 2 N–H and O–H groups in total. The van der Waals surface area contributed by atoms with E-state index in [1.807, 2.05) is 0 Å². The highest BCUT2D eigenvalue weighted by atomic mass is 16.6. The molecule has 0 aliphatic carbocycles. The van der Waals surface area contributed by atoms with E-state index in [4.69, 9.17) is 0 Å². The third-order valence-electron chi connectivity index (χ3n) is 3.28. The van der Waals surface area contributed by atoms with Gasteiger partial charge in [0, 0.05) is 12.1 Å². The van der Waals surface area contributed by atoms with Crippen molar-refractivity contribution in [3.8, 4) is 0 Å². The number of hydrogen-bond acceptors (Lipinski definition) is 6. The first-order valence-electron chi connectivity index (χ1n) is 6.83. The standard InChI is InChI=1S/C15H13N3O6/c19-9-14(10-4-2-1-3-5-10)16-15(20)11-6-12(17(21)22)8-13(7-11)18(23)24/h1-8,14,19H,9H2,(H,16,20)/t14-/m1/s1. The van der Waals surface area contributed by atoms with Crippen molar-refractivity contribution in [2.24, 2.45) is 0 Å². The predicted molar refractivity (Wildman–Crippen MR) is 83.5 cm³/mol. The highest BCUT2D eigenvalue weighted by molar-refractivity contribution is 5.95. The van der Waals surface area contributed by atoms with Gasteiger partial charge in [-0.1, -0.05) is 30.3 Å². The quantitative estimate of drug-likeness (QED) is 0.613. The van der Waals surface area contributed by atoms with Crippen LogP contribution in [0.15, 0.2) is 48.5 Å². The lowest BCUT2D eigenvalue weighted by Crippen LogP contribution is -2.30. The monoisotopic (exact) mass is 331 g/mol. The molecule has 2 aromatic carbocycles.